The van der Waals surface area contributed by atoms with Crippen molar-refractivity contribution in [3.8, 4) is 0 Å². The molecule has 1 fully saturated rings. The molecular formula is C15H26N6O. The third kappa shape index (κ3) is 3.58. The molecule has 7 heteroatoms. The lowest BCUT2D eigenvalue weighted by molar-refractivity contribution is 0.155. The number of urea groups is 1. The molecule has 0 saturated carbocycles. The first-order valence-electron chi connectivity index (χ1n) is 7.59. The fourth-order valence-corrected chi connectivity index (χ4v) is 2.67. The minimum absolute atomic E-state index is 0.0595. The molecule has 0 aromatic carbocycles. The van der Waals surface area contributed by atoms with E-state index in [1.807, 2.05) is 37.0 Å². The molecule has 2 heterocycles. The van der Waals surface area contributed by atoms with E-state index in [1.54, 1.807) is 25.2 Å². The van der Waals surface area contributed by atoms with Gasteiger partial charge in [0, 0.05) is 60.6 Å². The molecule has 1 aliphatic heterocycles. The van der Waals surface area contributed by atoms with Crippen LogP contribution in [0.3, 0.4) is 0 Å². The van der Waals surface area contributed by atoms with E-state index in [2.05, 4.69) is 14.9 Å². The summed E-state index contributed by atoms with van der Waals surface area (Å²) in [6.45, 7) is 1.74. The maximum absolute atomic E-state index is 12.0. The Morgan fingerprint density at radius 1 is 1.18 bits per heavy atom. The van der Waals surface area contributed by atoms with Gasteiger partial charge in [0.1, 0.15) is 5.82 Å². The monoisotopic (exact) mass is 306 g/mol. The van der Waals surface area contributed by atoms with Crippen molar-refractivity contribution < 1.29 is 4.79 Å². The van der Waals surface area contributed by atoms with Crippen molar-refractivity contribution in [1.29, 1.82) is 0 Å². The van der Waals surface area contributed by atoms with E-state index in [4.69, 9.17) is 0 Å². The van der Waals surface area contributed by atoms with Gasteiger partial charge in [-0.05, 0) is 18.9 Å². The second kappa shape index (κ2) is 6.81. The summed E-state index contributed by atoms with van der Waals surface area (Å²) in [5.41, 5.74) is 0. The Hall–Kier alpha value is -2.05. The van der Waals surface area contributed by atoms with Crippen molar-refractivity contribution in [2.75, 3.05) is 58.1 Å². The molecule has 122 valence electrons. The average molecular weight is 306 g/mol. The van der Waals surface area contributed by atoms with Crippen molar-refractivity contribution in [2.24, 2.45) is 0 Å². The Balaban J connectivity index is 1.97. The zero-order valence-corrected chi connectivity index (χ0v) is 14.2. The molecule has 1 saturated heterocycles. The van der Waals surface area contributed by atoms with Gasteiger partial charge in [-0.2, -0.15) is 4.98 Å². The van der Waals surface area contributed by atoms with Gasteiger partial charge in [-0.15, -0.1) is 0 Å². The van der Waals surface area contributed by atoms with Crippen molar-refractivity contribution in [3.63, 3.8) is 0 Å². The Labute approximate surface area is 132 Å². The molecule has 1 aliphatic rings. The molecule has 0 spiro atoms. The van der Waals surface area contributed by atoms with Crippen LogP contribution in [0.15, 0.2) is 12.3 Å². The van der Waals surface area contributed by atoms with Crippen LogP contribution in [-0.2, 0) is 0 Å². The van der Waals surface area contributed by atoms with Crippen molar-refractivity contribution in [1.82, 2.24) is 19.8 Å². The first-order valence-corrected chi connectivity index (χ1v) is 7.59. The molecule has 2 rings (SSSR count). The topological polar surface area (TPSA) is 55.8 Å². The second-order valence-corrected chi connectivity index (χ2v) is 6.12. The molecule has 0 bridgehead atoms. The molecule has 1 aromatic heterocycles. The lowest BCUT2D eigenvalue weighted by Crippen LogP contribution is -2.48. The smallest absolute Gasteiger partial charge is 0.319 e. The zero-order valence-electron chi connectivity index (χ0n) is 14.2. The first-order chi connectivity index (χ1) is 10.4. The van der Waals surface area contributed by atoms with Gasteiger partial charge in [-0.3, -0.25) is 0 Å². The van der Waals surface area contributed by atoms with Crippen LogP contribution in [0.5, 0.6) is 0 Å². The van der Waals surface area contributed by atoms with E-state index in [1.165, 1.54) is 0 Å². The summed E-state index contributed by atoms with van der Waals surface area (Å²) in [5.74, 6) is 1.68. The average Bonchev–Trinajstić information content (AvgIpc) is 2.53. The van der Waals surface area contributed by atoms with Crippen molar-refractivity contribution >= 4 is 17.8 Å². The summed E-state index contributed by atoms with van der Waals surface area (Å²) in [5, 5.41) is 0. The Morgan fingerprint density at radius 2 is 1.82 bits per heavy atom. The van der Waals surface area contributed by atoms with Gasteiger partial charge < -0.3 is 19.6 Å². The predicted octanol–water partition coefficient (Wildman–Crippen LogP) is 1.12. The van der Waals surface area contributed by atoms with Gasteiger partial charge in [0.2, 0.25) is 5.95 Å². The Kier molecular flexibility index (Phi) is 5.05. The maximum atomic E-state index is 12.0. The maximum Gasteiger partial charge on any atom is 0.319 e. The fraction of sp³-hybridized carbons (Fsp3) is 0.667. The van der Waals surface area contributed by atoms with Gasteiger partial charge in [0.15, 0.2) is 0 Å². The van der Waals surface area contributed by atoms with Crippen LogP contribution in [0.4, 0.5) is 16.6 Å². The van der Waals surface area contributed by atoms with Crippen LogP contribution in [0.2, 0.25) is 0 Å². The molecule has 7 nitrogen and oxygen atoms in total. The summed E-state index contributed by atoms with van der Waals surface area (Å²) >= 11 is 0. The van der Waals surface area contributed by atoms with E-state index < -0.39 is 0 Å². The van der Waals surface area contributed by atoms with Crippen LogP contribution < -0.4 is 9.80 Å². The highest BCUT2D eigenvalue weighted by Crippen LogP contribution is 2.21. The van der Waals surface area contributed by atoms with Crippen molar-refractivity contribution in [2.45, 2.75) is 18.9 Å². The molecule has 0 aliphatic carbocycles. The SMILES string of the molecule is CN(C)C(=O)N(C)C1CCN(c2nccc(N(C)C)n2)CC1. The van der Waals surface area contributed by atoms with Crippen LogP contribution >= 0.6 is 0 Å². The van der Waals surface area contributed by atoms with Gasteiger partial charge in [-0.25, -0.2) is 9.78 Å². The number of amides is 2. The molecule has 0 radical (unpaired) electrons. The summed E-state index contributed by atoms with van der Waals surface area (Å²) < 4.78 is 0. The van der Waals surface area contributed by atoms with Gasteiger partial charge >= 0.3 is 6.03 Å². The molecule has 0 unspecified atom stereocenters. The fourth-order valence-electron chi connectivity index (χ4n) is 2.67. The number of rotatable bonds is 3. The number of piperidine rings is 1. The van der Waals surface area contributed by atoms with E-state index in [0.717, 1.165) is 37.7 Å². The number of carbonyl (C=O) groups excluding carboxylic acids is 1. The number of anilines is 2. The highest BCUT2D eigenvalue weighted by atomic mass is 16.2. The number of aromatic nitrogens is 2. The van der Waals surface area contributed by atoms with E-state index in [-0.39, 0.29) is 12.1 Å². The third-order valence-corrected chi connectivity index (χ3v) is 4.07. The highest BCUT2D eigenvalue weighted by molar-refractivity contribution is 5.73. The van der Waals surface area contributed by atoms with E-state index >= 15 is 0 Å². The van der Waals surface area contributed by atoms with E-state index in [0.29, 0.717) is 0 Å². The third-order valence-electron chi connectivity index (χ3n) is 4.07. The Morgan fingerprint density at radius 3 is 2.36 bits per heavy atom. The molecule has 22 heavy (non-hydrogen) atoms. The standard InChI is InChI=1S/C15H26N6O/c1-18(2)13-6-9-16-14(17-13)21-10-7-12(8-11-21)20(5)15(22)19(3)4/h6,9,12H,7-8,10-11H2,1-5H3. The van der Waals surface area contributed by atoms with Crippen LogP contribution in [0.25, 0.3) is 0 Å². The number of nitrogens with zero attached hydrogens (tertiary/aromatic N) is 6. The molecule has 2 amide bonds. The van der Waals surface area contributed by atoms with E-state index in [9.17, 15) is 4.79 Å². The first kappa shape index (κ1) is 16.3. The normalized spacial score (nSPS) is 15.6. The largest absolute Gasteiger partial charge is 0.363 e. The lowest BCUT2D eigenvalue weighted by Gasteiger charge is -2.37. The summed E-state index contributed by atoms with van der Waals surface area (Å²) in [6.07, 6.45) is 3.67. The summed E-state index contributed by atoms with van der Waals surface area (Å²) in [7, 11) is 9.40. The van der Waals surface area contributed by atoms with Crippen LogP contribution in [-0.4, -0.2) is 80.2 Å². The van der Waals surface area contributed by atoms with Crippen molar-refractivity contribution in [3.05, 3.63) is 12.3 Å². The van der Waals surface area contributed by atoms with Gasteiger partial charge in [0.05, 0.1) is 0 Å². The quantitative estimate of drug-likeness (QED) is 0.838. The summed E-state index contributed by atoms with van der Waals surface area (Å²) in [4.78, 5) is 28.6. The molecule has 0 N–H and O–H groups in total. The molecule has 0 atom stereocenters. The molecule has 1 aromatic rings. The lowest BCUT2D eigenvalue weighted by atomic mass is 10.0. The van der Waals surface area contributed by atoms with Crippen LogP contribution in [0, 0.1) is 0 Å². The number of hydrogen-bond donors (Lipinski definition) is 0. The second-order valence-electron chi connectivity index (χ2n) is 6.12. The van der Waals surface area contributed by atoms with Gasteiger partial charge in [0.25, 0.3) is 0 Å². The summed E-state index contributed by atoms with van der Waals surface area (Å²) in [6, 6.07) is 2.24. The zero-order chi connectivity index (χ0) is 16.3. The highest BCUT2D eigenvalue weighted by Gasteiger charge is 2.27. The van der Waals surface area contributed by atoms with Gasteiger partial charge in [-0.1, -0.05) is 0 Å². The minimum atomic E-state index is 0.0595. The molecular weight excluding hydrogens is 280 g/mol. The number of hydrogen-bond acceptors (Lipinski definition) is 5. The Bertz CT molecular complexity index is 511. The number of carbonyl (C=O) groups is 1. The van der Waals surface area contributed by atoms with Crippen LogP contribution in [0.1, 0.15) is 12.8 Å². The predicted molar refractivity (Wildman–Crippen MR) is 88.4 cm³/mol. The minimum Gasteiger partial charge on any atom is -0.363 e.